The standard InChI is InChI=1S/C24H29FO.C2H6/c1-3-7-19-8-5-6-9-22(19)24(26)16-18-11-13-21(23(25)15-18)20-12-10-17(4-2)14-20;1-2/h5-6,8-9,11,13,15,17,20H,3-4,7,10,12,14,16H2,1-2H3;1-2H3/t17-,20?;/m1./s1. The second-order valence-electron chi connectivity index (χ2n) is 7.65. The molecule has 0 amide bonds. The van der Waals surface area contributed by atoms with E-state index in [1.165, 1.54) is 12.8 Å². The van der Waals surface area contributed by atoms with Gasteiger partial charge in [-0.15, -0.1) is 0 Å². The maximum absolute atomic E-state index is 14.7. The second-order valence-corrected chi connectivity index (χ2v) is 7.65. The van der Waals surface area contributed by atoms with Crippen molar-refractivity contribution in [3.63, 3.8) is 0 Å². The highest BCUT2D eigenvalue weighted by molar-refractivity contribution is 5.98. The molecule has 2 aromatic carbocycles. The molecule has 152 valence electrons. The van der Waals surface area contributed by atoms with Crippen molar-refractivity contribution in [2.75, 3.05) is 0 Å². The van der Waals surface area contributed by atoms with Gasteiger partial charge in [-0.1, -0.05) is 76.9 Å². The van der Waals surface area contributed by atoms with Gasteiger partial charge in [0.25, 0.3) is 0 Å². The second kappa shape index (κ2) is 11.1. The lowest BCUT2D eigenvalue weighted by molar-refractivity contribution is 0.0992. The zero-order chi connectivity index (χ0) is 20.5. The molecular weight excluding hydrogens is 347 g/mol. The molecule has 1 nitrogen and oxygen atoms in total. The molecule has 0 aliphatic heterocycles. The fourth-order valence-corrected chi connectivity index (χ4v) is 4.30. The Morgan fingerprint density at radius 2 is 1.82 bits per heavy atom. The van der Waals surface area contributed by atoms with Gasteiger partial charge in [0.05, 0.1) is 0 Å². The van der Waals surface area contributed by atoms with Crippen molar-refractivity contribution in [1.29, 1.82) is 0 Å². The van der Waals surface area contributed by atoms with E-state index in [4.69, 9.17) is 0 Å². The van der Waals surface area contributed by atoms with Crippen LogP contribution in [0.25, 0.3) is 0 Å². The first-order valence-corrected chi connectivity index (χ1v) is 11.0. The summed E-state index contributed by atoms with van der Waals surface area (Å²) >= 11 is 0. The Morgan fingerprint density at radius 3 is 2.46 bits per heavy atom. The molecule has 0 radical (unpaired) electrons. The Balaban J connectivity index is 0.00000136. The largest absolute Gasteiger partial charge is 0.294 e. The van der Waals surface area contributed by atoms with E-state index in [1.54, 1.807) is 6.07 Å². The minimum Gasteiger partial charge on any atom is -0.294 e. The Kier molecular flexibility index (Phi) is 8.89. The number of benzene rings is 2. The van der Waals surface area contributed by atoms with Crippen molar-refractivity contribution in [3.05, 3.63) is 70.5 Å². The van der Waals surface area contributed by atoms with Gasteiger partial charge in [0.1, 0.15) is 5.82 Å². The highest BCUT2D eigenvalue weighted by atomic mass is 19.1. The average molecular weight is 383 g/mol. The number of ketones is 1. The summed E-state index contributed by atoms with van der Waals surface area (Å²) in [5.41, 5.74) is 3.48. The number of aryl methyl sites for hydroxylation is 1. The van der Waals surface area contributed by atoms with Gasteiger partial charge < -0.3 is 0 Å². The molecule has 0 N–H and O–H groups in total. The van der Waals surface area contributed by atoms with Gasteiger partial charge >= 0.3 is 0 Å². The summed E-state index contributed by atoms with van der Waals surface area (Å²) in [4.78, 5) is 12.7. The van der Waals surface area contributed by atoms with Crippen LogP contribution >= 0.6 is 0 Å². The first-order valence-electron chi connectivity index (χ1n) is 11.0. The van der Waals surface area contributed by atoms with Crippen LogP contribution in [0.5, 0.6) is 0 Å². The number of rotatable bonds is 7. The molecule has 1 saturated carbocycles. The van der Waals surface area contributed by atoms with E-state index < -0.39 is 0 Å². The molecule has 1 fully saturated rings. The third kappa shape index (κ3) is 5.53. The number of hydrogen-bond acceptors (Lipinski definition) is 1. The van der Waals surface area contributed by atoms with E-state index in [-0.39, 0.29) is 18.0 Å². The van der Waals surface area contributed by atoms with Gasteiger partial charge in [-0.05, 0) is 60.3 Å². The van der Waals surface area contributed by atoms with Gasteiger partial charge in [-0.3, -0.25) is 4.79 Å². The van der Waals surface area contributed by atoms with Crippen LogP contribution < -0.4 is 0 Å². The molecule has 2 atom stereocenters. The smallest absolute Gasteiger partial charge is 0.167 e. The minimum absolute atomic E-state index is 0.0770. The summed E-state index contributed by atoms with van der Waals surface area (Å²) < 4.78 is 14.7. The predicted octanol–water partition coefficient (Wildman–Crippen LogP) is 7.52. The molecule has 2 heteroatoms. The summed E-state index contributed by atoms with van der Waals surface area (Å²) in [5, 5.41) is 0. The number of carbonyl (C=O) groups is 1. The SMILES string of the molecule is CC.CCCc1ccccc1C(=O)Cc1ccc(C2CC[C@@H](CC)C2)c(F)c1. The molecule has 3 rings (SSSR count). The number of carbonyl (C=O) groups excluding carboxylic acids is 1. The van der Waals surface area contributed by atoms with Gasteiger partial charge in [-0.25, -0.2) is 4.39 Å². The molecule has 0 saturated heterocycles. The first kappa shape index (κ1) is 22.3. The van der Waals surface area contributed by atoms with E-state index in [0.717, 1.165) is 53.9 Å². The topological polar surface area (TPSA) is 17.1 Å². The van der Waals surface area contributed by atoms with E-state index in [1.807, 2.05) is 50.2 Å². The molecule has 1 aliphatic rings. The van der Waals surface area contributed by atoms with E-state index in [2.05, 4.69) is 13.8 Å². The quantitative estimate of drug-likeness (QED) is 0.452. The van der Waals surface area contributed by atoms with Crippen LogP contribution in [0.4, 0.5) is 4.39 Å². The molecule has 0 spiro atoms. The monoisotopic (exact) mass is 382 g/mol. The van der Waals surface area contributed by atoms with Crippen molar-refractivity contribution >= 4 is 5.78 Å². The normalized spacial score (nSPS) is 18.5. The first-order chi connectivity index (χ1) is 13.6. The van der Waals surface area contributed by atoms with Crippen LogP contribution in [0.15, 0.2) is 42.5 Å². The molecule has 0 aromatic heterocycles. The van der Waals surface area contributed by atoms with Crippen molar-refractivity contribution < 1.29 is 9.18 Å². The van der Waals surface area contributed by atoms with Crippen LogP contribution in [0.3, 0.4) is 0 Å². The summed E-state index contributed by atoms with van der Waals surface area (Å²) in [5.74, 6) is 1.01. The Hall–Kier alpha value is -1.96. The van der Waals surface area contributed by atoms with E-state index >= 15 is 0 Å². The summed E-state index contributed by atoms with van der Waals surface area (Å²) in [6.07, 6.45) is 6.73. The maximum atomic E-state index is 14.7. The van der Waals surface area contributed by atoms with Crippen molar-refractivity contribution in [2.45, 2.75) is 78.6 Å². The molecule has 1 aliphatic carbocycles. The van der Waals surface area contributed by atoms with Crippen molar-refractivity contribution in [3.8, 4) is 0 Å². The minimum atomic E-state index is -0.140. The lowest BCUT2D eigenvalue weighted by atomic mass is 9.92. The zero-order valence-electron chi connectivity index (χ0n) is 17.9. The molecule has 2 aromatic rings. The molecule has 0 bridgehead atoms. The molecule has 28 heavy (non-hydrogen) atoms. The fourth-order valence-electron chi connectivity index (χ4n) is 4.30. The highest BCUT2D eigenvalue weighted by Crippen LogP contribution is 2.40. The number of halogens is 1. The van der Waals surface area contributed by atoms with Gasteiger partial charge in [0, 0.05) is 12.0 Å². The van der Waals surface area contributed by atoms with Crippen LogP contribution in [0.1, 0.15) is 92.8 Å². The average Bonchev–Trinajstić information content (AvgIpc) is 3.19. The van der Waals surface area contributed by atoms with Crippen LogP contribution in [-0.4, -0.2) is 5.78 Å². The number of Topliss-reactive ketones (excluding diaryl/α,β-unsaturated/α-hetero) is 1. The lowest BCUT2D eigenvalue weighted by Gasteiger charge is -2.13. The molecule has 0 heterocycles. The molecule has 1 unspecified atom stereocenters. The Morgan fingerprint density at radius 1 is 1.07 bits per heavy atom. The lowest BCUT2D eigenvalue weighted by Crippen LogP contribution is -2.08. The van der Waals surface area contributed by atoms with Crippen LogP contribution in [-0.2, 0) is 12.8 Å². The third-order valence-electron chi connectivity index (χ3n) is 5.83. The number of hydrogen-bond donors (Lipinski definition) is 0. The Bertz CT molecular complexity index is 765. The predicted molar refractivity (Wildman–Crippen MR) is 117 cm³/mol. The van der Waals surface area contributed by atoms with Crippen LogP contribution in [0, 0.1) is 11.7 Å². The maximum Gasteiger partial charge on any atom is 0.167 e. The van der Waals surface area contributed by atoms with Crippen molar-refractivity contribution in [2.24, 2.45) is 5.92 Å². The Labute approximate surface area is 170 Å². The van der Waals surface area contributed by atoms with Gasteiger partial charge in [-0.2, -0.15) is 0 Å². The van der Waals surface area contributed by atoms with Crippen LogP contribution in [0.2, 0.25) is 0 Å². The van der Waals surface area contributed by atoms with Gasteiger partial charge in [0.15, 0.2) is 5.78 Å². The molecular formula is C26H35FO. The third-order valence-corrected chi connectivity index (χ3v) is 5.83. The van der Waals surface area contributed by atoms with E-state index in [0.29, 0.717) is 5.92 Å². The van der Waals surface area contributed by atoms with Crippen molar-refractivity contribution in [1.82, 2.24) is 0 Å². The summed E-state index contributed by atoms with van der Waals surface area (Å²) in [6.45, 7) is 8.33. The summed E-state index contributed by atoms with van der Waals surface area (Å²) in [7, 11) is 0. The summed E-state index contributed by atoms with van der Waals surface area (Å²) in [6, 6.07) is 13.2. The zero-order valence-corrected chi connectivity index (χ0v) is 17.9. The highest BCUT2D eigenvalue weighted by Gasteiger charge is 2.26. The van der Waals surface area contributed by atoms with E-state index in [9.17, 15) is 9.18 Å². The fraction of sp³-hybridized carbons (Fsp3) is 0.500. The van der Waals surface area contributed by atoms with Gasteiger partial charge in [0.2, 0.25) is 0 Å².